The van der Waals surface area contributed by atoms with E-state index in [9.17, 15) is 9.90 Å². The van der Waals surface area contributed by atoms with Gasteiger partial charge in [-0.15, -0.1) is 0 Å². The fourth-order valence-corrected chi connectivity index (χ4v) is 0.841. The van der Waals surface area contributed by atoms with Gasteiger partial charge in [0.05, 0.1) is 0 Å². The number of para-hydroxylation sites is 1. The second-order valence-electron chi connectivity index (χ2n) is 2.62. The molecule has 0 heterocycles. The Bertz CT molecular complexity index is 300. The van der Waals surface area contributed by atoms with E-state index in [0.29, 0.717) is 5.75 Å². The number of carbonyl (C=O) groups is 1. The van der Waals surface area contributed by atoms with Crippen molar-refractivity contribution in [1.29, 1.82) is 0 Å². The van der Waals surface area contributed by atoms with Crippen LogP contribution in [-0.2, 0) is 4.79 Å². The minimum Gasteiger partial charge on any atom is -0.544 e. The summed E-state index contributed by atoms with van der Waals surface area (Å²) >= 11 is 5.52. The number of ether oxygens (including phenoxy) is 1. The Balaban J connectivity index is 0.00000169. The monoisotopic (exact) mass is 222 g/mol. The number of hydrogen-bond donors (Lipinski definition) is 0. The number of alkyl halides is 1. The number of halogens is 1. The van der Waals surface area contributed by atoms with Crippen molar-refractivity contribution in [2.24, 2.45) is 0 Å². The number of carboxylic acids is 1. The van der Waals surface area contributed by atoms with E-state index >= 15 is 0 Å². The van der Waals surface area contributed by atoms with Crippen molar-refractivity contribution in [3.63, 3.8) is 0 Å². The molecule has 1 aromatic rings. The van der Waals surface area contributed by atoms with Gasteiger partial charge in [-0.25, -0.2) is 0 Å². The predicted molar refractivity (Wildman–Crippen MR) is 46.3 cm³/mol. The molecule has 14 heavy (non-hydrogen) atoms. The van der Waals surface area contributed by atoms with Crippen molar-refractivity contribution in [2.45, 2.75) is 12.0 Å². The van der Waals surface area contributed by atoms with E-state index in [1.54, 1.807) is 30.3 Å². The topological polar surface area (TPSA) is 49.4 Å². The van der Waals surface area contributed by atoms with Crippen molar-refractivity contribution < 1.29 is 44.2 Å². The first kappa shape index (κ1) is 13.8. The molecule has 5 heteroatoms. The van der Waals surface area contributed by atoms with Gasteiger partial charge in [0.15, 0.2) is 0 Å². The molecule has 0 bridgehead atoms. The van der Waals surface area contributed by atoms with Crippen LogP contribution in [0.25, 0.3) is 0 Å². The predicted octanol–water partition coefficient (Wildman–Crippen LogP) is -2.23. The molecule has 1 atom stereocenters. The summed E-state index contributed by atoms with van der Waals surface area (Å²) < 4.78 is 4.97. The zero-order valence-electron chi connectivity index (χ0n) is 7.99. The van der Waals surface area contributed by atoms with E-state index in [0.717, 1.165) is 0 Å². The second kappa shape index (κ2) is 5.61. The fourth-order valence-electron chi connectivity index (χ4n) is 0.752. The summed E-state index contributed by atoms with van der Waals surface area (Å²) in [5, 5.41) is 8.64. The van der Waals surface area contributed by atoms with Crippen molar-refractivity contribution in [1.82, 2.24) is 0 Å². The number of hydrogen-bond acceptors (Lipinski definition) is 3. The Morgan fingerprint density at radius 1 is 1.43 bits per heavy atom. The van der Waals surface area contributed by atoms with Crippen molar-refractivity contribution in [3.8, 4) is 5.75 Å². The van der Waals surface area contributed by atoms with E-state index < -0.39 is 11.0 Å². The normalized spacial score (nSPS) is 13.6. The van der Waals surface area contributed by atoms with Gasteiger partial charge in [-0.3, -0.25) is 0 Å². The molecule has 0 saturated carbocycles. The van der Waals surface area contributed by atoms with Gasteiger partial charge < -0.3 is 14.6 Å². The maximum atomic E-state index is 10.5. The molecule has 0 aromatic heterocycles. The fraction of sp³-hybridized carbons (Fsp3) is 0.222. The average molecular weight is 223 g/mol. The van der Waals surface area contributed by atoms with Crippen LogP contribution in [0, 0.1) is 0 Å². The SMILES string of the molecule is CC(Cl)(Oc1ccccc1)C(=O)[O-].[Na+]. The van der Waals surface area contributed by atoms with E-state index in [1.807, 2.05) is 0 Å². The zero-order chi connectivity index (χ0) is 9.90. The first-order valence-electron chi connectivity index (χ1n) is 3.67. The van der Waals surface area contributed by atoms with Gasteiger partial charge in [0, 0.05) is 0 Å². The minimum absolute atomic E-state index is 0. The maximum Gasteiger partial charge on any atom is 1.00 e. The summed E-state index contributed by atoms with van der Waals surface area (Å²) in [5.41, 5.74) is 0. The molecule has 70 valence electrons. The number of benzene rings is 1. The third kappa shape index (κ3) is 3.88. The molecule has 0 saturated heterocycles. The number of carbonyl (C=O) groups excluding carboxylic acids is 1. The van der Waals surface area contributed by atoms with Gasteiger partial charge in [0.25, 0.3) is 0 Å². The summed E-state index contributed by atoms with van der Waals surface area (Å²) in [4.78, 5) is 10.5. The molecule has 1 aromatic carbocycles. The Labute approximate surface area is 109 Å². The second-order valence-corrected chi connectivity index (χ2v) is 3.34. The molecule has 0 aliphatic carbocycles. The first-order valence-corrected chi connectivity index (χ1v) is 4.04. The molecule has 0 radical (unpaired) electrons. The third-order valence-corrected chi connectivity index (χ3v) is 1.65. The summed E-state index contributed by atoms with van der Waals surface area (Å²) in [5.74, 6) is -1.07. The molecule has 1 unspecified atom stereocenters. The van der Waals surface area contributed by atoms with Crippen LogP contribution >= 0.6 is 11.6 Å². The van der Waals surface area contributed by atoms with E-state index in [4.69, 9.17) is 16.3 Å². The summed E-state index contributed by atoms with van der Waals surface area (Å²) in [7, 11) is 0. The molecule has 0 spiro atoms. The van der Waals surface area contributed by atoms with Crippen LogP contribution in [0.5, 0.6) is 5.75 Å². The van der Waals surface area contributed by atoms with Gasteiger partial charge in [-0.05, 0) is 19.1 Å². The molecular weight excluding hydrogens is 215 g/mol. The van der Waals surface area contributed by atoms with Crippen LogP contribution in [0.3, 0.4) is 0 Å². The van der Waals surface area contributed by atoms with E-state index in [2.05, 4.69) is 0 Å². The van der Waals surface area contributed by atoms with Crippen molar-refractivity contribution >= 4 is 17.6 Å². The summed E-state index contributed by atoms with van der Waals surface area (Å²) in [6.45, 7) is 1.22. The van der Waals surface area contributed by atoms with Gasteiger partial charge in [-0.1, -0.05) is 29.8 Å². The Hall–Kier alpha value is -0.220. The van der Waals surface area contributed by atoms with Crippen molar-refractivity contribution in [2.75, 3.05) is 0 Å². The van der Waals surface area contributed by atoms with E-state index in [1.165, 1.54) is 6.92 Å². The van der Waals surface area contributed by atoms with Crippen molar-refractivity contribution in [3.05, 3.63) is 30.3 Å². The van der Waals surface area contributed by atoms with Gasteiger partial charge >= 0.3 is 29.6 Å². The molecule has 0 aliphatic rings. The standard InChI is InChI=1S/C9H9ClO3.Na/c1-9(10,8(11)12)13-7-5-3-2-4-6-7;/h2-6H,1H3,(H,11,12);/q;+1/p-1. The number of aliphatic carboxylic acids is 1. The maximum absolute atomic E-state index is 10.5. The molecule has 0 N–H and O–H groups in total. The quantitative estimate of drug-likeness (QED) is 0.430. The third-order valence-electron chi connectivity index (χ3n) is 1.42. The smallest absolute Gasteiger partial charge is 0.544 e. The van der Waals surface area contributed by atoms with Gasteiger partial charge in [0.1, 0.15) is 11.7 Å². The molecule has 1 rings (SSSR count). The number of carboxylic acid groups (broad SMARTS) is 1. The minimum atomic E-state index is -1.82. The van der Waals surface area contributed by atoms with Crippen LogP contribution in [0.4, 0.5) is 0 Å². The molecular formula is C9H8ClNaO3. The van der Waals surface area contributed by atoms with E-state index in [-0.39, 0.29) is 29.6 Å². The zero-order valence-corrected chi connectivity index (χ0v) is 10.7. The van der Waals surface area contributed by atoms with Gasteiger partial charge in [-0.2, -0.15) is 0 Å². The Kier molecular flexibility index (Phi) is 5.52. The molecule has 0 amide bonds. The molecule has 3 nitrogen and oxygen atoms in total. The Morgan fingerprint density at radius 2 is 1.93 bits per heavy atom. The first-order chi connectivity index (χ1) is 6.02. The number of rotatable bonds is 3. The summed E-state index contributed by atoms with van der Waals surface area (Å²) in [6.07, 6.45) is 0. The van der Waals surface area contributed by atoms with Gasteiger partial charge in [0.2, 0.25) is 5.06 Å². The Morgan fingerprint density at radius 3 is 2.36 bits per heavy atom. The molecule has 0 aliphatic heterocycles. The summed E-state index contributed by atoms with van der Waals surface area (Å²) in [6, 6.07) is 8.46. The molecule has 0 fully saturated rings. The largest absolute Gasteiger partial charge is 1.00 e. The van der Waals surface area contributed by atoms with Crippen LogP contribution in [0.2, 0.25) is 0 Å². The van der Waals surface area contributed by atoms with Crippen LogP contribution < -0.4 is 39.4 Å². The van der Waals surface area contributed by atoms with Crippen LogP contribution in [0.1, 0.15) is 6.92 Å². The average Bonchev–Trinajstić information content (AvgIpc) is 2.05. The van der Waals surface area contributed by atoms with Crippen LogP contribution in [-0.4, -0.2) is 11.0 Å². The van der Waals surface area contributed by atoms with Crippen LogP contribution in [0.15, 0.2) is 30.3 Å².